The van der Waals surface area contributed by atoms with Crippen molar-refractivity contribution in [1.82, 2.24) is 10.2 Å². The predicted molar refractivity (Wildman–Crippen MR) is 64.9 cm³/mol. The van der Waals surface area contributed by atoms with E-state index in [1.807, 2.05) is 31.2 Å². The molecule has 0 aliphatic carbocycles. The van der Waals surface area contributed by atoms with Crippen molar-refractivity contribution in [2.75, 3.05) is 26.9 Å². The molecule has 1 rings (SSSR count). The molecule has 0 aliphatic heterocycles. The highest BCUT2D eigenvalue weighted by atomic mass is 16.5. The summed E-state index contributed by atoms with van der Waals surface area (Å²) in [7, 11) is 1.61. The molecule has 0 heterocycles. The first-order valence-corrected chi connectivity index (χ1v) is 5.43. The van der Waals surface area contributed by atoms with Gasteiger partial charge in [0.25, 0.3) is 0 Å². The van der Waals surface area contributed by atoms with E-state index in [2.05, 4.69) is 5.32 Å². The van der Waals surface area contributed by atoms with Gasteiger partial charge in [0.05, 0.1) is 6.61 Å². The average molecular weight is 238 g/mol. The second kappa shape index (κ2) is 6.75. The molecule has 0 saturated heterocycles. The van der Waals surface area contributed by atoms with Crippen LogP contribution in [0, 0.1) is 6.92 Å². The Balaban J connectivity index is 2.28. The van der Waals surface area contributed by atoms with Crippen LogP contribution >= 0.6 is 0 Å². The maximum atomic E-state index is 11.4. The molecule has 0 radical (unpaired) electrons. The van der Waals surface area contributed by atoms with Crippen LogP contribution in [-0.2, 0) is 0 Å². The lowest BCUT2D eigenvalue weighted by Crippen LogP contribution is -2.40. The van der Waals surface area contributed by atoms with Crippen LogP contribution in [0.4, 0.5) is 4.79 Å². The summed E-state index contributed by atoms with van der Waals surface area (Å²) < 4.78 is 5.34. The summed E-state index contributed by atoms with van der Waals surface area (Å²) in [6.45, 7) is 2.35. The minimum absolute atomic E-state index is 0.0528. The van der Waals surface area contributed by atoms with E-state index < -0.39 is 0 Å². The summed E-state index contributed by atoms with van der Waals surface area (Å²) in [6.07, 6.45) is 0. The molecule has 17 heavy (non-hydrogen) atoms. The number of aliphatic hydroxyl groups is 1. The van der Waals surface area contributed by atoms with Crippen molar-refractivity contribution in [3.63, 3.8) is 0 Å². The number of benzene rings is 1. The van der Waals surface area contributed by atoms with Crippen LogP contribution in [-0.4, -0.2) is 43.0 Å². The summed E-state index contributed by atoms with van der Waals surface area (Å²) in [5.74, 6) is 0.709. The molecule has 0 bridgehead atoms. The molecule has 5 heteroatoms. The summed E-state index contributed by atoms with van der Waals surface area (Å²) in [5, 5.41) is 11.2. The Morgan fingerprint density at radius 2 is 2.06 bits per heavy atom. The van der Waals surface area contributed by atoms with Crippen molar-refractivity contribution in [2.24, 2.45) is 0 Å². The third kappa shape index (κ3) is 4.74. The van der Waals surface area contributed by atoms with Crippen LogP contribution in [0.5, 0.6) is 5.75 Å². The first-order valence-electron chi connectivity index (χ1n) is 5.43. The maximum Gasteiger partial charge on any atom is 0.319 e. The number of carbonyl (C=O) groups is 1. The topological polar surface area (TPSA) is 61.8 Å². The number of rotatable bonds is 5. The van der Waals surface area contributed by atoms with Gasteiger partial charge in [-0.15, -0.1) is 0 Å². The summed E-state index contributed by atoms with van der Waals surface area (Å²) in [5.41, 5.74) is 1.16. The van der Waals surface area contributed by atoms with Crippen molar-refractivity contribution in [3.8, 4) is 5.75 Å². The third-order valence-corrected chi connectivity index (χ3v) is 2.27. The van der Waals surface area contributed by atoms with Gasteiger partial charge in [-0.05, 0) is 19.1 Å². The van der Waals surface area contributed by atoms with Crippen molar-refractivity contribution in [3.05, 3.63) is 29.8 Å². The number of carbonyl (C=O) groups excluding carboxylic acids is 1. The lowest BCUT2D eigenvalue weighted by Gasteiger charge is -2.16. The molecule has 0 saturated carbocycles. The highest BCUT2D eigenvalue weighted by Crippen LogP contribution is 2.10. The normalized spacial score (nSPS) is 9.82. The standard InChI is InChI=1S/C12H18N2O3/c1-10-3-5-11(6-4-10)17-9-13-12(16)14(2)7-8-15/h3-6,15H,7-9H2,1-2H3,(H,13,16). The van der Waals surface area contributed by atoms with E-state index in [4.69, 9.17) is 9.84 Å². The van der Waals surface area contributed by atoms with Gasteiger partial charge in [0, 0.05) is 13.6 Å². The fraction of sp³-hybridized carbons (Fsp3) is 0.417. The number of hydrogen-bond donors (Lipinski definition) is 2. The zero-order chi connectivity index (χ0) is 12.7. The zero-order valence-electron chi connectivity index (χ0n) is 10.1. The molecule has 0 fully saturated rings. The van der Waals surface area contributed by atoms with Crippen LogP contribution in [0.2, 0.25) is 0 Å². The molecule has 5 nitrogen and oxygen atoms in total. The Labute approximate surface area is 101 Å². The molecular weight excluding hydrogens is 220 g/mol. The van der Waals surface area contributed by atoms with Gasteiger partial charge in [-0.2, -0.15) is 0 Å². The highest BCUT2D eigenvalue weighted by Gasteiger charge is 2.06. The van der Waals surface area contributed by atoms with Crippen LogP contribution in [0.3, 0.4) is 0 Å². The molecule has 94 valence electrons. The van der Waals surface area contributed by atoms with E-state index in [0.717, 1.165) is 5.56 Å². The van der Waals surface area contributed by atoms with Crippen molar-refractivity contribution >= 4 is 6.03 Å². The molecule has 2 amide bonds. The van der Waals surface area contributed by atoms with Gasteiger partial charge in [0.2, 0.25) is 0 Å². The molecule has 0 spiro atoms. The van der Waals surface area contributed by atoms with Crippen molar-refractivity contribution in [2.45, 2.75) is 6.92 Å². The SMILES string of the molecule is Cc1ccc(OCNC(=O)N(C)CCO)cc1. The van der Waals surface area contributed by atoms with Gasteiger partial charge < -0.3 is 20.1 Å². The smallest absolute Gasteiger partial charge is 0.319 e. The number of nitrogens with one attached hydrogen (secondary N) is 1. The Hall–Kier alpha value is -1.75. The van der Waals surface area contributed by atoms with E-state index in [-0.39, 0.29) is 19.4 Å². The Morgan fingerprint density at radius 3 is 2.65 bits per heavy atom. The number of aryl methyl sites for hydroxylation is 1. The number of hydrogen-bond acceptors (Lipinski definition) is 3. The van der Waals surface area contributed by atoms with Crippen LogP contribution < -0.4 is 10.1 Å². The lowest BCUT2D eigenvalue weighted by atomic mass is 10.2. The highest BCUT2D eigenvalue weighted by molar-refractivity contribution is 5.73. The summed E-state index contributed by atoms with van der Waals surface area (Å²) in [6, 6.07) is 7.30. The number of amides is 2. The Morgan fingerprint density at radius 1 is 1.41 bits per heavy atom. The van der Waals surface area contributed by atoms with Gasteiger partial charge in [-0.3, -0.25) is 0 Å². The fourth-order valence-electron chi connectivity index (χ4n) is 1.20. The monoisotopic (exact) mass is 238 g/mol. The molecule has 0 aliphatic rings. The van der Waals surface area contributed by atoms with Crippen LogP contribution in [0.15, 0.2) is 24.3 Å². The minimum atomic E-state index is -0.272. The predicted octanol–water partition coefficient (Wildman–Crippen LogP) is 0.965. The van der Waals surface area contributed by atoms with Gasteiger partial charge in [0.1, 0.15) is 5.75 Å². The second-order valence-electron chi connectivity index (χ2n) is 3.73. The minimum Gasteiger partial charge on any atom is -0.473 e. The molecule has 0 unspecified atom stereocenters. The van der Waals surface area contributed by atoms with Crippen molar-refractivity contribution in [1.29, 1.82) is 0 Å². The Kier molecular flexibility index (Phi) is 5.29. The van der Waals surface area contributed by atoms with E-state index in [1.165, 1.54) is 4.90 Å². The van der Waals surface area contributed by atoms with Crippen LogP contribution in [0.1, 0.15) is 5.56 Å². The van der Waals surface area contributed by atoms with Crippen LogP contribution in [0.25, 0.3) is 0 Å². The van der Waals surface area contributed by atoms with Gasteiger partial charge >= 0.3 is 6.03 Å². The van der Waals surface area contributed by atoms with Crippen molar-refractivity contribution < 1.29 is 14.6 Å². The van der Waals surface area contributed by atoms with Gasteiger partial charge in [-0.1, -0.05) is 17.7 Å². The maximum absolute atomic E-state index is 11.4. The fourth-order valence-corrected chi connectivity index (χ4v) is 1.20. The lowest BCUT2D eigenvalue weighted by molar-refractivity contribution is 0.179. The largest absolute Gasteiger partial charge is 0.473 e. The first kappa shape index (κ1) is 13.3. The quantitative estimate of drug-likeness (QED) is 0.751. The van der Waals surface area contributed by atoms with E-state index in [1.54, 1.807) is 7.05 Å². The molecule has 0 atom stereocenters. The Bertz CT molecular complexity index is 351. The number of ether oxygens (including phenoxy) is 1. The first-order chi connectivity index (χ1) is 8.13. The number of nitrogens with zero attached hydrogens (tertiary/aromatic N) is 1. The number of aliphatic hydroxyl groups excluding tert-OH is 1. The number of likely N-dealkylation sites (N-methyl/N-ethyl adjacent to an activating group) is 1. The average Bonchev–Trinajstić information content (AvgIpc) is 2.32. The second-order valence-corrected chi connectivity index (χ2v) is 3.73. The van der Waals surface area contributed by atoms with E-state index >= 15 is 0 Å². The summed E-state index contributed by atoms with van der Waals surface area (Å²) >= 11 is 0. The molecular formula is C12H18N2O3. The zero-order valence-corrected chi connectivity index (χ0v) is 10.1. The van der Waals surface area contributed by atoms with E-state index in [0.29, 0.717) is 12.3 Å². The molecule has 2 N–H and O–H groups in total. The summed E-state index contributed by atoms with van der Waals surface area (Å²) in [4.78, 5) is 12.8. The molecule has 0 aromatic heterocycles. The van der Waals surface area contributed by atoms with Gasteiger partial charge in [-0.25, -0.2) is 4.79 Å². The number of urea groups is 1. The molecule has 1 aromatic rings. The van der Waals surface area contributed by atoms with Gasteiger partial charge in [0.15, 0.2) is 6.73 Å². The third-order valence-electron chi connectivity index (χ3n) is 2.27. The van der Waals surface area contributed by atoms with E-state index in [9.17, 15) is 4.79 Å². The molecule has 1 aromatic carbocycles.